The number of carbonyl (C=O) groups excluding carboxylic acids is 2. The minimum absolute atomic E-state index is 0.0746. The number of anilines is 3. The number of nitrogens with one attached hydrogen (secondary N) is 2. The molecule has 0 unspecified atom stereocenters. The molecule has 0 aliphatic carbocycles. The van der Waals surface area contributed by atoms with Crippen molar-refractivity contribution in [2.75, 3.05) is 17.2 Å². The quantitative estimate of drug-likeness (QED) is 0.500. The summed E-state index contributed by atoms with van der Waals surface area (Å²) in [5.41, 5.74) is 1.98. The Bertz CT molecular complexity index is 1150. The van der Waals surface area contributed by atoms with Crippen molar-refractivity contribution >= 4 is 39.0 Å². The van der Waals surface area contributed by atoms with E-state index in [0.29, 0.717) is 11.4 Å². The third-order valence-corrected chi connectivity index (χ3v) is 4.93. The average Bonchev–Trinajstić information content (AvgIpc) is 2.73. The highest BCUT2D eigenvalue weighted by molar-refractivity contribution is 7.89. The van der Waals surface area contributed by atoms with Crippen LogP contribution in [0.5, 0.6) is 0 Å². The lowest BCUT2D eigenvalue weighted by Crippen LogP contribution is -2.21. The number of esters is 1. The van der Waals surface area contributed by atoms with E-state index >= 15 is 0 Å². The van der Waals surface area contributed by atoms with Gasteiger partial charge in [0.25, 0.3) is 5.91 Å². The van der Waals surface area contributed by atoms with Gasteiger partial charge < -0.3 is 15.4 Å². The SMILES string of the molecule is NS(=O)(=O)c1ccc(NC(=O)COC(=O)c2ccccc2Nc2ccccc2)cc1. The first-order valence-corrected chi connectivity index (χ1v) is 10.4. The molecule has 0 saturated carbocycles. The summed E-state index contributed by atoms with van der Waals surface area (Å²) in [6.07, 6.45) is 0. The van der Waals surface area contributed by atoms with Crippen LogP contribution in [0.1, 0.15) is 10.4 Å². The van der Waals surface area contributed by atoms with E-state index in [1.165, 1.54) is 24.3 Å². The maximum atomic E-state index is 12.4. The van der Waals surface area contributed by atoms with Crippen LogP contribution in [0.4, 0.5) is 17.1 Å². The van der Waals surface area contributed by atoms with Gasteiger partial charge in [0.1, 0.15) is 0 Å². The third-order valence-electron chi connectivity index (χ3n) is 4.00. The molecule has 30 heavy (non-hydrogen) atoms. The van der Waals surface area contributed by atoms with Crippen LogP contribution in [0.25, 0.3) is 0 Å². The maximum Gasteiger partial charge on any atom is 0.340 e. The fourth-order valence-corrected chi connectivity index (χ4v) is 3.10. The van der Waals surface area contributed by atoms with Crippen LogP contribution in [0.15, 0.2) is 83.8 Å². The number of hydrogen-bond acceptors (Lipinski definition) is 6. The second-order valence-electron chi connectivity index (χ2n) is 6.23. The number of ether oxygens (including phenoxy) is 1. The molecular formula is C21H19N3O5S. The zero-order valence-electron chi connectivity index (χ0n) is 15.7. The summed E-state index contributed by atoms with van der Waals surface area (Å²) in [5.74, 6) is -1.23. The van der Waals surface area contributed by atoms with E-state index in [2.05, 4.69) is 10.6 Å². The highest BCUT2D eigenvalue weighted by atomic mass is 32.2. The van der Waals surface area contributed by atoms with E-state index in [1.54, 1.807) is 24.3 Å². The number of sulfonamides is 1. The van der Waals surface area contributed by atoms with Gasteiger partial charge in [-0.15, -0.1) is 0 Å². The minimum Gasteiger partial charge on any atom is -0.452 e. The Labute approximate surface area is 173 Å². The maximum absolute atomic E-state index is 12.4. The Kier molecular flexibility index (Phi) is 6.45. The lowest BCUT2D eigenvalue weighted by molar-refractivity contribution is -0.119. The Balaban J connectivity index is 1.60. The fourth-order valence-electron chi connectivity index (χ4n) is 2.58. The highest BCUT2D eigenvalue weighted by Crippen LogP contribution is 2.21. The first-order valence-electron chi connectivity index (χ1n) is 8.84. The van der Waals surface area contributed by atoms with Crippen molar-refractivity contribution in [3.63, 3.8) is 0 Å². The highest BCUT2D eigenvalue weighted by Gasteiger charge is 2.15. The van der Waals surface area contributed by atoms with Crippen LogP contribution in [0, 0.1) is 0 Å². The van der Waals surface area contributed by atoms with E-state index in [0.717, 1.165) is 5.69 Å². The number of benzene rings is 3. The molecule has 0 heterocycles. The summed E-state index contributed by atoms with van der Waals surface area (Å²) >= 11 is 0. The monoisotopic (exact) mass is 425 g/mol. The summed E-state index contributed by atoms with van der Waals surface area (Å²) in [6, 6.07) is 21.4. The number of hydrogen-bond donors (Lipinski definition) is 3. The van der Waals surface area contributed by atoms with Gasteiger partial charge in [0.2, 0.25) is 10.0 Å². The third kappa shape index (κ3) is 5.66. The van der Waals surface area contributed by atoms with Gasteiger partial charge in [-0.25, -0.2) is 18.4 Å². The summed E-state index contributed by atoms with van der Waals surface area (Å²) in [6.45, 7) is -0.505. The van der Waals surface area contributed by atoms with Crippen LogP contribution in [-0.4, -0.2) is 26.9 Å². The van der Waals surface area contributed by atoms with Gasteiger partial charge in [0.05, 0.1) is 16.1 Å². The molecule has 9 heteroatoms. The summed E-state index contributed by atoms with van der Waals surface area (Å²) < 4.78 is 27.6. The lowest BCUT2D eigenvalue weighted by Gasteiger charge is -2.12. The number of para-hydroxylation sites is 2. The number of amides is 1. The van der Waals surface area contributed by atoms with Crippen molar-refractivity contribution in [1.82, 2.24) is 0 Å². The average molecular weight is 425 g/mol. The molecule has 4 N–H and O–H groups in total. The van der Waals surface area contributed by atoms with E-state index in [1.807, 2.05) is 30.3 Å². The minimum atomic E-state index is -3.81. The van der Waals surface area contributed by atoms with E-state index in [-0.39, 0.29) is 10.5 Å². The molecule has 0 spiro atoms. The van der Waals surface area contributed by atoms with Crippen LogP contribution in [0.2, 0.25) is 0 Å². The standard InChI is InChI=1S/C21H19N3O5S/c22-30(27,28)17-12-10-16(11-13-17)24-20(25)14-29-21(26)18-8-4-5-9-19(18)23-15-6-2-1-3-7-15/h1-13,23H,14H2,(H,24,25)(H2,22,27,28). The van der Waals surface area contributed by atoms with Gasteiger partial charge >= 0.3 is 5.97 Å². The van der Waals surface area contributed by atoms with Gasteiger partial charge in [-0.05, 0) is 48.5 Å². The molecule has 8 nitrogen and oxygen atoms in total. The molecule has 0 aliphatic rings. The van der Waals surface area contributed by atoms with Crippen LogP contribution < -0.4 is 15.8 Å². The zero-order valence-corrected chi connectivity index (χ0v) is 16.6. The predicted octanol–water partition coefficient (Wildman–Crippen LogP) is 2.87. The molecular weight excluding hydrogens is 406 g/mol. The first kappa shape index (κ1) is 21.0. The van der Waals surface area contributed by atoms with Crippen molar-refractivity contribution in [1.29, 1.82) is 0 Å². The molecule has 3 aromatic rings. The molecule has 3 rings (SSSR count). The smallest absolute Gasteiger partial charge is 0.340 e. The Morgan fingerprint density at radius 3 is 2.13 bits per heavy atom. The molecule has 154 valence electrons. The van der Waals surface area contributed by atoms with E-state index < -0.39 is 28.5 Å². The Morgan fingerprint density at radius 1 is 0.833 bits per heavy atom. The molecule has 0 radical (unpaired) electrons. The fraction of sp³-hybridized carbons (Fsp3) is 0.0476. The molecule has 0 aliphatic heterocycles. The Morgan fingerprint density at radius 2 is 1.47 bits per heavy atom. The second kappa shape index (κ2) is 9.21. The van der Waals surface area contributed by atoms with Crippen LogP contribution in [-0.2, 0) is 19.6 Å². The van der Waals surface area contributed by atoms with Gasteiger partial charge in [-0.2, -0.15) is 0 Å². The van der Waals surface area contributed by atoms with Gasteiger partial charge in [-0.3, -0.25) is 4.79 Å². The lowest BCUT2D eigenvalue weighted by atomic mass is 10.1. The molecule has 0 fully saturated rings. The molecule has 0 bridgehead atoms. The largest absolute Gasteiger partial charge is 0.452 e. The summed E-state index contributed by atoms with van der Waals surface area (Å²) in [4.78, 5) is 24.4. The molecule has 0 aromatic heterocycles. The van der Waals surface area contributed by atoms with Crippen molar-refractivity contribution < 1.29 is 22.7 Å². The first-order chi connectivity index (χ1) is 14.3. The number of nitrogens with two attached hydrogens (primary N) is 1. The topological polar surface area (TPSA) is 128 Å². The van der Waals surface area contributed by atoms with E-state index in [4.69, 9.17) is 9.88 Å². The van der Waals surface area contributed by atoms with Gasteiger partial charge in [0, 0.05) is 11.4 Å². The van der Waals surface area contributed by atoms with Crippen molar-refractivity contribution in [3.8, 4) is 0 Å². The van der Waals surface area contributed by atoms with Crippen LogP contribution in [0.3, 0.4) is 0 Å². The summed E-state index contributed by atoms with van der Waals surface area (Å²) in [7, 11) is -3.81. The zero-order chi connectivity index (χ0) is 21.6. The Hall–Kier alpha value is -3.69. The summed E-state index contributed by atoms with van der Waals surface area (Å²) in [5, 5.41) is 10.7. The van der Waals surface area contributed by atoms with Crippen molar-refractivity contribution in [3.05, 3.63) is 84.4 Å². The predicted molar refractivity (Wildman–Crippen MR) is 113 cm³/mol. The second-order valence-corrected chi connectivity index (χ2v) is 7.79. The van der Waals surface area contributed by atoms with E-state index in [9.17, 15) is 18.0 Å². The molecule has 3 aromatic carbocycles. The normalized spacial score (nSPS) is 10.8. The van der Waals surface area contributed by atoms with Crippen LogP contribution >= 0.6 is 0 Å². The number of carbonyl (C=O) groups is 2. The molecule has 0 atom stereocenters. The molecule has 0 saturated heterocycles. The van der Waals surface area contributed by atoms with Crippen molar-refractivity contribution in [2.45, 2.75) is 4.90 Å². The number of primary sulfonamides is 1. The van der Waals surface area contributed by atoms with Gasteiger partial charge in [-0.1, -0.05) is 30.3 Å². The van der Waals surface area contributed by atoms with Crippen molar-refractivity contribution in [2.24, 2.45) is 5.14 Å². The van der Waals surface area contributed by atoms with Gasteiger partial charge in [0.15, 0.2) is 6.61 Å². The number of rotatable bonds is 7. The molecule has 1 amide bonds.